The van der Waals surface area contributed by atoms with Crippen molar-refractivity contribution < 1.29 is 14.6 Å². The molecule has 0 radical (unpaired) electrons. The quantitative estimate of drug-likeness (QED) is 0.450. The Kier molecular flexibility index (Phi) is 8.01. The number of halogens is 2. The van der Waals surface area contributed by atoms with Crippen LogP contribution in [-0.4, -0.2) is 31.3 Å². The first kappa shape index (κ1) is 25.3. The van der Waals surface area contributed by atoms with Crippen LogP contribution in [0.2, 0.25) is 10.0 Å². The van der Waals surface area contributed by atoms with Crippen molar-refractivity contribution in [1.82, 2.24) is 14.1 Å². The lowest BCUT2D eigenvalue weighted by atomic mass is 10.2. The third-order valence-corrected chi connectivity index (χ3v) is 5.38. The summed E-state index contributed by atoms with van der Waals surface area (Å²) in [6.07, 6.45) is -0.0664. The Morgan fingerprint density at radius 3 is 2.35 bits per heavy atom. The lowest BCUT2D eigenvalue weighted by Gasteiger charge is -2.17. The molecule has 0 saturated carbocycles. The zero-order chi connectivity index (χ0) is 25.0. The van der Waals surface area contributed by atoms with Gasteiger partial charge >= 0.3 is 17.3 Å². The summed E-state index contributed by atoms with van der Waals surface area (Å²) >= 11 is 12.3. The van der Waals surface area contributed by atoms with Gasteiger partial charge in [0.1, 0.15) is 5.75 Å². The van der Waals surface area contributed by atoms with Crippen molar-refractivity contribution in [2.24, 2.45) is 5.92 Å². The van der Waals surface area contributed by atoms with Gasteiger partial charge in [-0.05, 0) is 49.7 Å². The van der Waals surface area contributed by atoms with Gasteiger partial charge in [0, 0.05) is 17.3 Å². The van der Waals surface area contributed by atoms with Crippen LogP contribution in [-0.2, 0) is 17.9 Å². The third-order valence-electron chi connectivity index (χ3n) is 4.83. The number of aliphatic carboxylic acids is 1. The number of hydrogen-bond acceptors (Lipinski definition) is 6. The van der Waals surface area contributed by atoms with Gasteiger partial charge in [0.05, 0.1) is 23.6 Å². The number of carbonyl (C=O) groups is 1. The Labute approximate surface area is 205 Å². The van der Waals surface area contributed by atoms with E-state index in [9.17, 15) is 19.5 Å². The summed E-state index contributed by atoms with van der Waals surface area (Å²) in [5.74, 6) is -1.61. The van der Waals surface area contributed by atoms with Gasteiger partial charge in [-0.3, -0.25) is 9.36 Å². The fraction of sp³-hybridized carbons (Fsp3) is 0.304. The molecule has 2 aromatic carbocycles. The van der Waals surface area contributed by atoms with E-state index in [4.69, 9.17) is 27.9 Å². The fourth-order valence-electron chi connectivity index (χ4n) is 3.11. The van der Waals surface area contributed by atoms with Crippen LogP contribution in [0.3, 0.4) is 0 Å². The molecule has 180 valence electrons. The number of hydrogen-bond donors (Lipinski definition) is 2. The van der Waals surface area contributed by atoms with Gasteiger partial charge in [0.25, 0.3) is 0 Å². The highest BCUT2D eigenvalue weighted by Crippen LogP contribution is 2.29. The summed E-state index contributed by atoms with van der Waals surface area (Å²) in [5.41, 5.74) is -0.351. The summed E-state index contributed by atoms with van der Waals surface area (Å²) in [4.78, 5) is 41.2. The molecule has 3 rings (SSSR count). The van der Waals surface area contributed by atoms with Gasteiger partial charge in [-0.1, -0.05) is 42.3 Å². The minimum Gasteiger partial charge on any atom is -0.489 e. The van der Waals surface area contributed by atoms with Crippen LogP contribution in [0.4, 0.5) is 11.6 Å². The molecule has 9 nitrogen and oxygen atoms in total. The van der Waals surface area contributed by atoms with Gasteiger partial charge < -0.3 is 15.2 Å². The lowest BCUT2D eigenvalue weighted by molar-refractivity contribution is -0.141. The molecule has 0 fully saturated rings. The highest BCUT2D eigenvalue weighted by Gasteiger charge is 2.19. The van der Waals surface area contributed by atoms with Crippen molar-refractivity contribution in [2.75, 3.05) is 5.32 Å². The van der Waals surface area contributed by atoms with E-state index in [1.807, 2.05) is 13.8 Å². The molecule has 1 atom stereocenters. The largest absolute Gasteiger partial charge is 0.489 e. The second-order valence-electron chi connectivity index (χ2n) is 8.00. The molecule has 0 bridgehead atoms. The maximum Gasteiger partial charge on any atom is 0.354 e. The molecule has 0 aliphatic heterocycles. The second kappa shape index (κ2) is 10.8. The molecule has 0 aliphatic rings. The molecule has 2 N–H and O–H groups in total. The van der Waals surface area contributed by atoms with Crippen molar-refractivity contribution in [3.8, 4) is 5.75 Å². The molecule has 3 aromatic rings. The number of aromatic nitrogens is 3. The van der Waals surface area contributed by atoms with Crippen molar-refractivity contribution in [2.45, 2.75) is 40.0 Å². The van der Waals surface area contributed by atoms with Crippen LogP contribution in [0.5, 0.6) is 5.75 Å². The molecule has 0 saturated heterocycles. The van der Waals surface area contributed by atoms with E-state index < -0.39 is 23.3 Å². The molecule has 0 aliphatic carbocycles. The molecular weight excluding hydrogens is 483 g/mol. The topological polar surface area (TPSA) is 115 Å². The molecular formula is C23H24Cl2N4O5. The first-order valence-corrected chi connectivity index (χ1v) is 11.2. The zero-order valence-corrected chi connectivity index (χ0v) is 20.3. The molecule has 34 heavy (non-hydrogen) atoms. The third kappa shape index (κ3) is 6.18. The molecule has 1 aromatic heterocycles. The first-order valence-electron chi connectivity index (χ1n) is 10.5. The predicted molar refractivity (Wildman–Crippen MR) is 131 cm³/mol. The Morgan fingerprint density at radius 1 is 1.09 bits per heavy atom. The Hall–Kier alpha value is -3.30. The Morgan fingerprint density at radius 2 is 1.76 bits per heavy atom. The van der Waals surface area contributed by atoms with Crippen LogP contribution in [0.15, 0.2) is 52.1 Å². The number of nitrogens with zero attached hydrogens (tertiary/aromatic N) is 3. The van der Waals surface area contributed by atoms with E-state index in [1.165, 1.54) is 11.5 Å². The number of ether oxygens (including phenoxy) is 1. The normalized spacial score (nSPS) is 11.9. The molecule has 11 heteroatoms. The summed E-state index contributed by atoms with van der Waals surface area (Å²) in [7, 11) is 0. The maximum absolute atomic E-state index is 13.3. The second-order valence-corrected chi connectivity index (χ2v) is 8.84. The predicted octanol–water partition coefficient (Wildman–Crippen LogP) is 4.01. The van der Waals surface area contributed by atoms with E-state index >= 15 is 0 Å². The smallest absolute Gasteiger partial charge is 0.354 e. The van der Waals surface area contributed by atoms with E-state index in [0.717, 1.165) is 10.1 Å². The minimum absolute atomic E-state index is 0.0160. The molecule has 0 amide bonds. The van der Waals surface area contributed by atoms with Gasteiger partial charge in [0.15, 0.2) is 0 Å². The SMILES string of the molecule is CC(C)Oc1ccc(Nc2nc(=O)n(C[C@H](C)C(=O)O)c(=O)n2Cc2ccc(Cl)cc2)cc1Cl. The van der Waals surface area contributed by atoms with E-state index in [2.05, 4.69) is 10.3 Å². The van der Waals surface area contributed by atoms with Crippen LogP contribution in [0, 0.1) is 5.92 Å². The molecule has 1 heterocycles. The van der Waals surface area contributed by atoms with Crippen molar-refractivity contribution >= 4 is 40.8 Å². The number of benzene rings is 2. The lowest BCUT2D eigenvalue weighted by Crippen LogP contribution is -2.44. The number of anilines is 2. The first-order chi connectivity index (χ1) is 16.0. The van der Waals surface area contributed by atoms with Crippen LogP contribution in [0.1, 0.15) is 26.3 Å². The van der Waals surface area contributed by atoms with Gasteiger partial charge in [0.2, 0.25) is 5.95 Å². The van der Waals surface area contributed by atoms with E-state index in [-0.39, 0.29) is 25.1 Å². The van der Waals surface area contributed by atoms with Crippen molar-refractivity contribution in [1.29, 1.82) is 0 Å². The Balaban J connectivity index is 2.05. The van der Waals surface area contributed by atoms with Crippen molar-refractivity contribution in [3.05, 3.63) is 79.0 Å². The number of rotatable bonds is 9. The van der Waals surface area contributed by atoms with Crippen LogP contribution in [0.25, 0.3) is 0 Å². The van der Waals surface area contributed by atoms with E-state index in [1.54, 1.807) is 42.5 Å². The highest BCUT2D eigenvalue weighted by atomic mass is 35.5. The summed E-state index contributed by atoms with van der Waals surface area (Å²) in [6, 6.07) is 11.8. The number of nitrogens with one attached hydrogen (secondary N) is 1. The van der Waals surface area contributed by atoms with Crippen LogP contribution < -0.4 is 21.4 Å². The van der Waals surface area contributed by atoms with Crippen LogP contribution >= 0.6 is 23.2 Å². The summed E-state index contributed by atoms with van der Waals surface area (Å²) in [5, 5.41) is 13.1. The van der Waals surface area contributed by atoms with Gasteiger partial charge in [-0.2, -0.15) is 4.98 Å². The van der Waals surface area contributed by atoms with E-state index in [0.29, 0.717) is 21.5 Å². The standard InChI is InChI=1S/C23H24Cl2N4O5/c1-13(2)34-19-9-8-17(10-18(19)25)26-21-27-22(32)29(11-14(3)20(30)31)23(33)28(21)12-15-4-6-16(24)7-5-15/h4-10,13-14H,11-12H2,1-3H3,(H,30,31)(H,26,27,32)/t14-/m0/s1. The molecule has 0 spiro atoms. The molecule has 0 unspecified atom stereocenters. The monoisotopic (exact) mass is 506 g/mol. The van der Waals surface area contributed by atoms with Crippen molar-refractivity contribution in [3.63, 3.8) is 0 Å². The minimum atomic E-state index is -1.13. The summed E-state index contributed by atoms with van der Waals surface area (Å²) < 4.78 is 7.70. The number of carboxylic acid groups (broad SMARTS) is 1. The highest BCUT2D eigenvalue weighted by molar-refractivity contribution is 6.32. The Bertz CT molecular complexity index is 1300. The number of carboxylic acids is 1. The van der Waals surface area contributed by atoms with Gasteiger partial charge in [-0.15, -0.1) is 0 Å². The average molecular weight is 507 g/mol. The zero-order valence-electron chi connectivity index (χ0n) is 18.8. The fourth-order valence-corrected chi connectivity index (χ4v) is 3.46. The maximum atomic E-state index is 13.3. The van der Waals surface area contributed by atoms with Gasteiger partial charge in [-0.25, -0.2) is 14.2 Å². The summed E-state index contributed by atoms with van der Waals surface area (Å²) in [6.45, 7) is 4.92. The average Bonchev–Trinajstić information content (AvgIpc) is 2.76.